The van der Waals surface area contributed by atoms with Crippen molar-refractivity contribution in [2.75, 3.05) is 7.11 Å². The second-order valence-corrected chi connectivity index (χ2v) is 3.16. The first-order valence-electron chi connectivity index (χ1n) is 3.73. The van der Waals surface area contributed by atoms with Crippen molar-refractivity contribution in [3.8, 4) is 5.75 Å². The van der Waals surface area contributed by atoms with Crippen molar-refractivity contribution < 1.29 is 23.1 Å². The maximum absolute atomic E-state index is 13.1. The molecule has 1 atom stereocenters. The van der Waals surface area contributed by atoms with Crippen LogP contribution in [-0.4, -0.2) is 7.11 Å². The zero-order valence-electron chi connectivity index (χ0n) is 7.40. The Morgan fingerprint density at radius 3 is 2.79 bits per heavy atom. The number of hydrogen-bond acceptors (Lipinski definition) is 4. The average Bonchev–Trinajstić information content (AvgIpc) is 2.15. The van der Waals surface area contributed by atoms with E-state index in [1.54, 1.807) is 0 Å². The van der Waals surface area contributed by atoms with E-state index >= 15 is 0 Å². The lowest BCUT2D eigenvalue weighted by Crippen LogP contribution is -1.96. The number of halogens is 1. The monoisotopic (exact) mass is 218 g/mol. The van der Waals surface area contributed by atoms with Crippen molar-refractivity contribution in [3.05, 3.63) is 29.6 Å². The van der Waals surface area contributed by atoms with Gasteiger partial charge in [0.2, 0.25) is 0 Å². The molecule has 6 heteroatoms. The molecule has 1 unspecified atom stereocenters. The summed E-state index contributed by atoms with van der Waals surface area (Å²) in [6, 6.07) is 4.10. The molecule has 0 aliphatic rings. The van der Waals surface area contributed by atoms with Gasteiger partial charge in [-0.25, -0.2) is 4.39 Å². The molecule has 0 heterocycles. The molecule has 14 heavy (non-hydrogen) atoms. The topological polar surface area (TPSA) is 58.6 Å². The van der Waals surface area contributed by atoms with Crippen LogP contribution in [0.5, 0.6) is 5.75 Å². The van der Waals surface area contributed by atoms with Crippen molar-refractivity contribution in [3.63, 3.8) is 0 Å². The van der Waals surface area contributed by atoms with Crippen LogP contribution in [0.1, 0.15) is 5.56 Å². The molecule has 0 N–H and O–H groups in total. The molecule has 1 aromatic rings. The van der Waals surface area contributed by atoms with Gasteiger partial charge in [-0.15, -0.1) is 4.52 Å². The van der Waals surface area contributed by atoms with Crippen LogP contribution in [0.15, 0.2) is 18.2 Å². The summed E-state index contributed by atoms with van der Waals surface area (Å²) in [5, 5.41) is 0. The molecule has 0 radical (unpaired) electrons. The number of benzene rings is 1. The Morgan fingerprint density at radius 1 is 1.57 bits per heavy atom. The highest BCUT2D eigenvalue weighted by Gasteiger charge is 2.08. The number of methoxy groups -OCH3 is 1. The standard InChI is InChI=1S/C8H8FO4P/c1-12-7-3-2-6(8(9)4-7)5-13-14(10)11/h2-4H,5H2,1H3. The Hall–Kier alpha value is -1.03. The van der Waals surface area contributed by atoms with Crippen molar-refractivity contribution >= 4 is 8.25 Å². The van der Waals surface area contributed by atoms with Crippen LogP contribution in [0, 0.1) is 5.82 Å². The molecule has 0 aromatic heterocycles. The van der Waals surface area contributed by atoms with E-state index < -0.39 is 14.1 Å². The second-order valence-electron chi connectivity index (χ2n) is 2.45. The SMILES string of the molecule is COc1ccc(CO[P+](=O)[O-])c(F)c1. The van der Waals surface area contributed by atoms with Crippen LogP contribution in [-0.2, 0) is 15.7 Å². The van der Waals surface area contributed by atoms with E-state index in [0.29, 0.717) is 5.75 Å². The van der Waals surface area contributed by atoms with Gasteiger partial charge in [-0.1, -0.05) is 0 Å². The zero-order chi connectivity index (χ0) is 10.6. The summed E-state index contributed by atoms with van der Waals surface area (Å²) < 4.78 is 32.2. The highest BCUT2D eigenvalue weighted by Crippen LogP contribution is 2.20. The molecule has 0 fully saturated rings. The van der Waals surface area contributed by atoms with E-state index in [4.69, 9.17) is 4.74 Å². The Labute approximate surface area is 81.2 Å². The van der Waals surface area contributed by atoms with Gasteiger partial charge in [0.05, 0.1) is 7.11 Å². The van der Waals surface area contributed by atoms with E-state index in [-0.39, 0.29) is 12.2 Å². The number of rotatable bonds is 4. The number of ether oxygens (including phenoxy) is 1. The van der Waals surface area contributed by atoms with Gasteiger partial charge in [0, 0.05) is 11.6 Å². The van der Waals surface area contributed by atoms with Gasteiger partial charge in [0.25, 0.3) is 0 Å². The van der Waals surface area contributed by atoms with Gasteiger partial charge < -0.3 is 9.63 Å². The normalized spacial score (nSPS) is 11.2. The predicted molar refractivity (Wildman–Crippen MR) is 45.3 cm³/mol. The summed E-state index contributed by atoms with van der Waals surface area (Å²) in [6.45, 7) is -0.297. The molecule has 0 aliphatic carbocycles. The minimum Gasteiger partial charge on any atom is -0.566 e. The summed E-state index contributed by atoms with van der Waals surface area (Å²) in [5.74, 6) is -0.182. The predicted octanol–water partition coefficient (Wildman–Crippen LogP) is 1.37. The van der Waals surface area contributed by atoms with Gasteiger partial charge in [-0.3, -0.25) is 0 Å². The molecule has 0 spiro atoms. The summed E-state index contributed by atoms with van der Waals surface area (Å²) in [4.78, 5) is 10.1. The van der Waals surface area contributed by atoms with Gasteiger partial charge in [-0.05, 0) is 16.7 Å². The van der Waals surface area contributed by atoms with E-state index in [2.05, 4.69) is 4.52 Å². The molecular weight excluding hydrogens is 210 g/mol. The first kappa shape index (κ1) is 11.0. The van der Waals surface area contributed by atoms with E-state index in [9.17, 15) is 13.8 Å². The van der Waals surface area contributed by atoms with Crippen LogP contribution in [0.3, 0.4) is 0 Å². The Morgan fingerprint density at radius 2 is 2.29 bits per heavy atom. The average molecular weight is 218 g/mol. The third-order valence-corrected chi connectivity index (χ3v) is 1.93. The minimum atomic E-state index is -2.95. The van der Waals surface area contributed by atoms with Gasteiger partial charge in [-0.2, -0.15) is 0 Å². The van der Waals surface area contributed by atoms with Crippen molar-refractivity contribution in [1.82, 2.24) is 0 Å². The molecule has 0 saturated carbocycles. The Bertz CT molecular complexity index is 342. The zero-order valence-corrected chi connectivity index (χ0v) is 8.29. The van der Waals surface area contributed by atoms with E-state index in [1.165, 1.54) is 19.2 Å². The third-order valence-electron chi connectivity index (χ3n) is 1.59. The van der Waals surface area contributed by atoms with Gasteiger partial charge >= 0.3 is 8.25 Å². The molecule has 76 valence electrons. The van der Waals surface area contributed by atoms with E-state index in [1.807, 2.05) is 0 Å². The van der Waals surface area contributed by atoms with Crippen molar-refractivity contribution in [2.45, 2.75) is 6.61 Å². The lowest BCUT2D eigenvalue weighted by molar-refractivity contribution is -0.186. The van der Waals surface area contributed by atoms with E-state index in [0.717, 1.165) is 6.07 Å². The lowest BCUT2D eigenvalue weighted by atomic mass is 10.2. The fourth-order valence-electron chi connectivity index (χ4n) is 0.894. The molecule has 1 rings (SSSR count). The van der Waals surface area contributed by atoms with Crippen LogP contribution >= 0.6 is 8.25 Å². The maximum Gasteiger partial charge on any atom is 0.488 e. The Kier molecular flexibility index (Phi) is 3.95. The molecule has 1 aromatic carbocycles. The summed E-state index contributed by atoms with van der Waals surface area (Å²) >= 11 is 0. The van der Waals surface area contributed by atoms with Gasteiger partial charge in [0.15, 0.2) is 0 Å². The first-order chi connectivity index (χ1) is 6.63. The minimum absolute atomic E-state index is 0.171. The first-order valence-corrected chi connectivity index (χ1v) is 4.82. The summed E-state index contributed by atoms with van der Waals surface area (Å²) in [7, 11) is -1.53. The second kappa shape index (κ2) is 5.00. The molecule has 0 amide bonds. The third kappa shape index (κ3) is 3.03. The summed E-state index contributed by atoms with van der Waals surface area (Å²) in [6.07, 6.45) is 0. The molecule has 0 saturated heterocycles. The van der Waals surface area contributed by atoms with Crippen LogP contribution in [0.4, 0.5) is 4.39 Å². The van der Waals surface area contributed by atoms with Gasteiger partial charge in [0.1, 0.15) is 18.2 Å². The largest absolute Gasteiger partial charge is 0.566 e. The van der Waals surface area contributed by atoms with Crippen LogP contribution < -0.4 is 9.63 Å². The molecule has 0 bridgehead atoms. The quantitative estimate of drug-likeness (QED) is 0.716. The highest BCUT2D eigenvalue weighted by atomic mass is 31.1. The summed E-state index contributed by atoms with van der Waals surface area (Å²) in [5.41, 5.74) is 0.171. The molecule has 0 aliphatic heterocycles. The Balaban J connectivity index is 2.73. The molecular formula is C8H8FO4P. The maximum atomic E-state index is 13.1. The fraction of sp³-hybridized carbons (Fsp3) is 0.250. The van der Waals surface area contributed by atoms with Crippen LogP contribution in [0.2, 0.25) is 0 Å². The van der Waals surface area contributed by atoms with Crippen molar-refractivity contribution in [1.29, 1.82) is 0 Å². The smallest absolute Gasteiger partial charge is 0.488 e. The number of hydrogen-bond donors (Lipinski definition) is 0. The van der Waals surface area contributed by atoms with Crippen LogP contribution in [0.25, 0.3) is 0 Å². The fourth-order valence-corrected chi connectivity index (χ4v) is 1.14. The molecule has 4 nitrogen and oxygen atoms in total. The lowest BCUT2D eigenvalue weighted by Gasteiger charge is -2.02. The highest BCUT2D eigenvalue weighted by molar-refractivity contribution is 7.30. The van der Waals surface area contributed by atoms with Crippen molar-refractivity contribution in [2.24, 2.45) is 0 Å².